The topological polar surface area (TPSA) is 18.5 Å². The van der Waals surface area contributed by atoms with Crippen LogP contribution in [0.15, 0.2) is 24.3 Å². The van der Waals surface area contributed by atoms with Crippen molar-refractivity contribution in [3.63, 3.8) is 0 Å². The molecule has 1 heterocycles. The van der Waals surface area contributed by atoms with Gasteiger partial charge in [0.15, 0.2) is 0 Å². The zero-order valence-electron chi connectivity index (χ0n) is 14.3. The summed E-state index contributed by atoms with van der Waals surface area (Å²) in [6.07, 6.45) is 1.29. The second-order valence-corrected chi connectivity index (χ2v) is 7.56. The van der Waals surface area contributed by atoms with Gasteiger partial charge in [0.1, 0.15) is 0 Å². The molecule has 0 aromatic heterocycles. The third kappa shape index (κ3) is 5.42. The van der Waals surface area contributed by atoms with E-state index in [-0.39, 0.29) is 5.54 Å². The second-order valence-electron chi connectivity index (χ2n) is 7.56. The summed E-state index contributed by atoms with van der Waals surface area (Å²) in [5, 5.41) is 3.56. The summed E-state index contributed by atoms with van der Waals surface area (Å²) >= 11 is 0. The van der Waals surface area contributed by atoms with Gasteiger partial charge < -0.3 is 10.2 Å². The first-order chi connectivity index (χ1) is 9.83. The molecular formula is C18H31N3. The molecule has 2 rings (SSSR count). The van der Waals surface area contributed by atoms with E-state index in [0.717, 1.165) is 19.1 Å². The van der Waals surface area contributed by atoms with E-state index in [9.17, 15) is 0 Å². The number of nitrogens with one attached hydrogen (secondary N) is 1. The van der Waals surface area contributed by atoms with Crippen LogP contribution < -0.4 is 5.32 Å². The summed E-state index contributed by atoms with van der Waals surface area (Å²) in [6.45, 7) is 11.1. The van der Waals surface area contributed by atoms with Gasteiger partial charge in [0.25, 0.3) is 0 Å². The van der Waals surface area contributed by atoms with Gasteiger partial charge in [0, 0.05) is 37.8 Å². The van der Waals surface area contributed by atoms with Crippen molar-refractivity contribution in [3.05, 3.63) is 35.4 Å². The van der Waals surface area contributed by atoms with Crippen LogP contribution >= 0.6 is 0 Å². The van der Waals surface area contributed by atoms with Gasteiger partial charge in [-0.2, -0.15) is 0 Å². The van der Waals surface area contributed by atoms with Gasteiger partial charge in [-0.1, -0.05) is 24.3 Å². The van der Waals surface area contributed by atoms with Crippen LogP contribution in [0, 0.1) is 0 Å². The molecule has 1 atom stereocenters. The lowest BCUT2D eigenvalue weighted by Crippen LogP contribution is -2.35. The molecule has 3 nitrogen and oxygen atoms in total. The molecule has 3 heteroatoms. The third-order valence-corrected chi connectivity index (χ3v) is 4.20. The second kappa shape index (κ2) is 6.91. The maximum absolute atomic E-state index is 3.56. The number of hydrogen-bond donors (Lipinski definition) is 1. The molecule has 0 bridgehead atoms. The minimum atomic E-state index is 0.171. The Morgan fingerprint density at radius 1 is 1.24 bits per heavy atom. The molecule has 1 saturated heterocycles. The summed E-state index contributed by atoms with van der Waals surface area (Å²) < 4.78 is 0. The van der Waals surface area contributed by atoms with Crippen LogP contribution in [0.5, 0.6) is 0 Å². The number of likely N-dealkylation sites (tertiary alicyclic amines) is 1. The Hall–Kier alpha value is -0.900. The quantitative estimate of drug-likeness (QED) is 0.899. The number of nitrogens with zero attached hydrogens (tertiary/aromatic N) is 2. The molecule has 1 aromatic rings. The van der Waals surface area contributed by atoms with Crippen molar-refractivity contribution in [2.75, 3.05) is 27.2 Å². The summed E-state index contributed by atoms with van der Waals surface area (Å²) in [5.74, 6) is 0. The van der Waals surface area contributed by atoms with E-state index >= 15 is 0 Å². The van der Waals surface area contributed by atoms with E-state index in [4.69, 9.17) is 0 Å². The van der Waals surface area contributed by atoms with Crippen LogP contribution in [-0.4, -0.2) is 48.6 Å². The Labute approximate surface area is 130 Å². The fourth-order valence-electron chi connectivity index (χ4n) is 2.84. The minimum absolute atomic E-state index is 0.171. The summed E-state index contributed by atoms with van der Waals surface area (Å²) in [7, 11) is 4.37. The molecule has 1 aromatic carbocycles. The SMILES string of the molecule is CN(C)C1CCN(Cc2cccc(CNC(C)(C)C)c2)C1. The van der Waals surface area contributed by atoms with Crippen LogP contribution in [0.4, 0.5) is 0 Å². The monoisotopic (exact) mass is 289 g/mol. The van der Waals surface area contributed by atoms with Gasteiger partial charge in [-0.05, 0) is 52.4 Å². The zero-order valence-corrected chi connectivity index (χ0v) is 14.3. The van der Waals surface area contributed by atoms with E-state index in [1.54, 1.807) is 0 Å². The highest BCUT2D eigenvalue weighted by atomic mass is 15.2. The van der Waals surface area contributed by atoms with Crippen LogP contribution in [-0.2, 0) is 13.1 Å². The standard InChI is InChI=1S/C18H31N3/c1-18(2,3)19-12-15-7-6-8-16(11-15)13-21-10-9-17(14-21)20(4)5/h6-8,11,17,19H,9-10,12-14H2,1-5H3. The van der Waals surface area contributed by atoms with E-state index in [1.165, 1.54) is 30.6 Å². The van der Waals surface area contributed by atoms with Gasteiger partial charge >= 0.3 is 0 Å². The van der Waals surface area contributed by atoms with E-state index in [2.05, 4.69) is 74.2 Å². The Morgan fingerprint density at radius 2 is 1.95 bits per heavy atom. The number of rotatable bonds is 5. The molecule has 1 aliphatic heterocycles. The molecule has 1 aliphatic rings. The Kier molecular flexibility index (Phi) is 5.42. The normalized spacial score (nSPS) is 20.4. The van der Waals surface area contributed by atoms with Crippen molar-refractivity contribution < 1.29 is 0 Å². The molecule has 1 unspecified atom stereocenters. The smallest absolute Gasteiger partial charge is 0.0234 e. The summed E-state index contributed by atoms with van der Waals surface area (Å²) in [6, 6.07) is 9.73. The number of hydrogen-bond acceptors (Lipinski definition) is 3. The predicted octanol–water partition coefficient (Wildman–Crippen LogP) is 2.71. The number of likely N-dealkylation sites (N-methyl/N-ethyl adjacent to an activating group) is 1. The van der Waals surface area contributed by atoms with Crippen molar-refractivity contribution in [1.29, 1.82) is 0 Å². The van der Waals surface area contributed by atoms with Gasteiger partial charge in [-0.25, -0.2) is 0 Å². The van der Waals surface area contributed by atoms with Gasteiger partial charge in [0.05, 0.1) is 0 Å². The highest BCUT2D eigenvalue weighted by Crippen LogP contribution is 2.17. The average Bonchev–Trinajstić information content (AvgIpc) is 2.85. The van der Waals surface area contributed by atoms with Crippen LogP contribution in [0.25, 0.3) is 0 Å². The Balaban J connectivity index is 1.89. The number of benzene rings is 1. The predicted molar refractivity (Wildman–Crippen MR) is 90.4 cm³/mol. The molecule has 0 amide bonds. The molecular weight excluding hydrogens is 258 g/mol. The highest BCUT2D eigenvalue weighted by Gasteiger charge is 2.23. The van der Waals surface area contributed by atoms with Crippen molar-refractivity contribution in [2.24, 2.45) is 0 Å². The first-order valence-electron chi connectivity index (χ1n) is 8.05. The van der Waals surface area contributed by atoms with Crippen molar-refractivity contribution in [2.45, 2.75) is 51.9 Å². The summed E-state index contributed by atoms with van der Waals surface area (Å²) in [4.78, 5) is 4.92. The maximum atomic E-state index is 3.56. The first kappa shape index (κ1) is 16.5. The first-order valence-corrected chi connectivity index (χ1v) is 8.05. The largest absolute Gasteiger partial charge is 0.308 e. The molecule has 0 saturated carbocycles. The lowest BCUT2D eigenvalue weighted by atomic mass is 10.1. The van der Waals surface area contributed by atoms with Gasteiger partial charge in [-0.15, -0.1) is 0 Å². The molecule has 118 valence electrons. The Bertz CT molecular complexity index is 448. The van der Waals surface area contributed by atoms with Crippen molar-refractivity contribution >= 4 is 0 Å². The van der Waals surface area contributed by atoms with Crippen LogP contribution in [0.3, 0.4) is 0 Å². The van der Waals surface area contributed by atoms with E-state index in [0.29, 0.717) is 0 Å². The lowest BCUT2D eigenvalue weighted by molar-refractivity contribution is 0.264. The fraction of sp³-hybridized carbons (Fsp3) is 0.667. The molecule has 1 fully saturated rings. The van der Waals surface area contributed by atoms with Crippen molar-refractivity contribution in [3.8, 4) is 0 Å². The average molecular weight is 289 g/mol. The summed E-state index contributed by atoms with van der Waals surface area (Å²) in [5.41, 5.74) is 2.98. The van der Waals surface area contributed by atoms with E-state index < -0.39 is 0 Å². The Morgan fingerprint density at radius 3 is 2.57 bits per heavy atom. The van der Waals surface area contributed by atoms with Gasteiger partial charge in [-0.3, -0.25) is 4.90 Å². The van der Waals surface area contributed by atoms with E-state index in [1.807, 2.05) is 0 Å². The third-order valence-electron chi connectivity index (χ3n) is 4.20. The van der Waals surface area contributed by atoms with Gasteiger partial charge in [0.2, 0.25) is 0 Å². The minimum Gasteiger partial charge on any atom is -0.308 e. The molecule has 1 N–H and O–H groups in total. The molecule has 0 radical (unpaired) electrons. The van der Waals surface area contributed by atoms with Crippen LogP contribution in [0.2, 0.25) is 0 Å². The highest BCUT2D eigenvalue weighted by molar-refractivity contribution is 5.23. The molecule has 21 heavy (non-hydrogen) atoms. The fourth-order valence-corrected chi connectivity index (χ4v) is 2.84. The molecule has 0 aliphatic carbocycles. The van der Waals surface area contributed by atoms with Crippen LogP contribution in [0.1, 0.15) is 38.3 Å². The van der Waals surface area contributed by atoms with Crippen molar-refractivity contribution in [1.82, 2.24) is 15.1 Å². The lowest BCUT2D eigenvalue weighted by Gasteiger charge is -2.22. The molecule has 0 spiro atoms. The zero-order chi connectivity index (χ0) is 15.5. The maximum Gasteiger partial charge on any atom is 0.0234 e.